The van der Waals surface area contributed by atoms with Crippen LogP contribution in [0.5, 0.6) is 0 Å². The molecule has 21 heavy (non-hydrogen) atoms. The van der Waals surface area contributed by atoms with E-state index < -0.39 is 10.0 Å². The minimum Gasteiger partial charge on any atom is -0.326 e. The lowest BCUT2D eigenvalue weighted by Crippen LogP contribution is -2.24. The van der Waals surface area contributed by atoms with Crippen LogP contribution in [-0.2, 0) is 23.1 Å². The molecule has 114 valence electrons. The van der Waals surface area contributed by atoms with Gasteiger partial charge in [-0.3, -0.25) is 0 Å². The highest BCUT2D eigenvalue weighted by Gasteiger charge is 2.19. The van der Waals surface area contributed by atoms with Gasteiger partial charge in [0, 0.05) is 23.0 Å². The molecule has 0 aliphatic rings. The van der Waals surface area contributed by atoms with Crippen LogP contribution >= 0.6 is 34.5 Å². The molecule has 2 aromatic rings. The Balaban J connectivity index is 2.29. The predicted octanol–water partition coefficient (Wildman–Crippen LogP) is 3.30. The Morgan fingerprint density at radius 1 is 1.29 bits per heavy atom. The van der Waals surface area contributed by atoms with E-state index in [2.05, 4.69) is 4.72 Å². The number of rotatable bonds is 5. The summed E-state index contributed by atoms with van der Waals surface area (Å²) in [5.41, 5.74) is 6.93. The molecule has 1 heterocycles. The second kappa shape index (κ2) is 6.64. The number of benzene rings is 1. The molecule has 0 radical (unpaired) electrons. The van der Waals surface area contributed by atoms with E-state index in [0.717, 1.165) is 4.88 Å². The zero-order valence-electron chi connectivity index (χ0n) is 11.2. The second-order valence-electron chi connectivity index (χ2n) is 4.42. The SMILES string of the molecule is Cc1c(CN)cc(Cl)cc1S(=O)(=O)NCc1ccc(Cl)s1. The summed E-state index contributed by atoms with van der Waals surface area (Å²) in [6.07, 6.45) is 0. The van der Waals surface area contributed by atoms with Crippen molar-refractivity contribution in [1.82, 2.24) is 4.72 Å². The zero-order valence-corrected chi connectivity index (χ0v) is 14.3. The minimum atomic E-state index is -3.66. The fraction of sp³-hybridized carbons (Fsp3) is 0.231. The summed E-state index contributed by atoms with van der Waals surface area (Å²) in [4.78, 5) is 0.986. The number of hydrogen-bond acceptors (Lipinski definition) is 4. The third kappa shape index (κ3) is 3.97. The molecule has 4 nitrogen and oxygen atoms in total. The first kappa shape index (κ1) is 16.7. The highest BCUT2D eigenvalue weighted by atomic mass is 35.5. The standard InChI is InChI=1S/C13H14Cl2N2O2S2/c1-8-9(6-16)4-10(14)5-12(8)21(18,19)17-7-11-2-3-13(15)20-11/h2-5,17H,6-7,16H2,1H3. The van der Waals surface area contributed by atoms with E-state index in [0.29, 0.717) is 20.5 Å². The van der Waals surface area contributed by atoms with E-state index in [9.17, 15) is 8.42 Å². The van der Waals surface area contributed by atoms with Crippen LogP contribution in [0.1, 0.15) is 16.0 Å². The summed E-state index contributed by atoms with van der Waals surface area (Å²) in [7, 11) is -3.66. The molecule has 0 aliphatic carbocycles. The van der Waals surface area contributed by atoms with Gasteiger partial charge < -0.3 is 5.73 Å². The predicted molar refractivity (Wildman–Crippen MR) is 87.4 cm³/mol. The first-order valence-corrected chi connectivity index (χ1v) is 9.12. The molecule has 1 aromatic heterocycles. The Kier molecular flexibility index (Phi) is 5.29. The molecule has 0 bridgehead atoms. The van der Waals surface area contributed by atoms with E-state index >= 15 is 0 Å². The van der Waals surface area contributed by atoms with E-state index in [4.69, 9.17) is 28.9 Å². The molecule has 8 heteroatoms. The summed E-state index contributed by atoms with van der Waals surface area (Å²) < 4.78 is 28.0. The lowest BCUT2D eigenvalue weighted by atomic mass is 10.1. The Bertz CT molecular complexity index is 758. The van der Waals surface area contributed by atoms with Crippen molar-refractivity contribution < 1.29 is 8.42 Å². The summed E-state index contributed by atoms with van der Waals surface area (Å²) in [5, 5.41) is 0.348. The number of thiophene rings is 1. The Labute approximate surface area is 137 Å². The van der Waals surface area contributed by atoms with E-state index in [1.54, 1.807) is 25.1 Å². The van der Waals surface area contributed by atoms with Gasteiger partial charge in [0.1, 0.15) is 0 Å². The maximum absolute atomic E-state index is 12.4. The van der Waals surface area contributed by atoms with Crippen LogP contribution in [0.2, 0.25) is 9.36 Å². The summed E-state index contributed by atoms with van der Waals surface area (Å²) in [6, 6.07) is 6.62. The van der Waals surface area contributed by atoms with E-state index in [1.807, 2.05) is 0 Å². The van der Waals surface area contributed by atoms with Gasteiger partial charge in [0.25, 0.3) is 0 Å². The van der Waals surface area contributed by atoms with E-state index in [1.165, 1.54) is 17.4 Å². The molecule has 0 atom stereocenters. The van der Waals surface area contributed by atoms with Gasteiger partial charge in [0.05, 0.1) is 9.23 Å². The van der Waals surface area contributed by atoms with Crippen molar-refractivity contribution in [2.45, 2.75) is 24.9 Å². The Hall–Kier alpha value is -0.630. The van der Waals surface area contributed by atoms with Crippen molar-refractivity contribution in [3.8, 4) is 0 Å². The molecule has 3 N–H and O–H groups in total. The second-order valence-corrected chi connectivity index (χ2v) is 8.39. The van der Waals surface area contributed by atoms with Crippen LogP contribution in [0.3, 0.4) is 0 Å². The number of halogens is 2. The first-order chi connectivity index (χ1) is 9.83. The Morgan fingerprint density at radius 2 is 2.00 bits per heavy atom. The molecule has 0 spiro atoms. The smallest absolute Gasteiger partial charge is 0.241 e. The van der Waals surface area contributed by atoms with Crippen molar-refractivity contribution in [3.05, 3.63) is 49.6 Å². The maximum Gasteiger partial charge on any atom is 0.241 e. The third-order valence-corrected chi connectivity index (χ3v) is 5.98. The first-order valence-electron chi connectivity index (χ1n) is 6.06. The summed E-state index contributed by atoms with van der Waals surface area (Å²) in [6.45, 7) is 2.13. The Morgan fingerprint density at radius 3 is 2.57 bits per heavy atom. The highest BCUT2D eigenvalue weighted by molar-refractivity contribution is 7.89. The fourth-order valence-corrected chi connectivity index (χ4v) is 4.63. The fourth-order valence-electron chi connectivity index (χ4n) is 1.89. The van der Waals surface area contributed by atoms with Crippen LogP contribution in [-0.4, -0.2) is 8.42 Å². The van der Waals surface area contributed by atoms with Crippen molar-refractivity contribution in [3.63, 3.8) is 0 Å². The van der Waals surface area contributed by atoms with Crippen LogP contribution in [0, 0.1) is 6.92 Å². The quantitative estimate of drug-likeness (QED) is 0.854. The van der Waals surface area contributed by atoms with Gasteiger partial charge in [-0.2, -0.15) is 0 Å². The molecular weight excluding hydrogens is 351 g/mol. The van der Waals surface area contributed by atoms with Gasteiger partial charge in [-0.05, 0) is 42.3 Å². The van der Waals surface area contributed by atoms with Crippen molar-refractivity contribution in [1.29, 1.82) is 0 Å². The number of sulfonamides is 1. The van der Waals surface area contributed by atoms with Crippen LogP contribution < -0.4 is 10.5 Å². The number of hydrogen-bond donors (Lipinski definition) is 2. The average molecular weight is 365 g/mol. The highest BCUT2D eigenvalue weighted by Crippen LogP contribution is 2.25. The average Bonchev–Trinajstić information content (AvgIpc) is 2.84. The molecule has 0 aliphatic heterocycles. The molecule has 0 saturated heterocycles. The lowest BCUT2D eigenvalue weighted by molar-refractivity contribution is 0.581. The molecule has 0 amide bonds. The van der Waals surface area contributed by atoms with Crippen molar-refractivity contribution in [2.24, 2.45) is 5.73 Å². The zero-order chi connectivity index (χ0) is 15.6. The summed E-state index contributed by atoms with van der Waals surface area (Å²) in [5.74, 6) is 0. The van der Waals surface area contributed by atoms with Gasteiger partial charge in [0.2, 0.25) is 10.0 Å². The van der Waals surface area contributed by atoms with Gasteiger partial charge in [-0.15, -0.1) is 11.3 Å². The number of nitrogens with one attached hydrogen (secondary N) is 1. The van der Waals surface area contributed by atoms with Crippen molar-refractivity contribution >= 4 is 44.6 Å². The third-order valence-electron chi connectivity index (χ3n) is 3.01. The summed E-state index contributed by atoms with van der Waals surface area (Å²) >= 11 is 13.1. The van der Waals surface area contributed by atoms with E-state index in [-0.39, 0.29) is 18.0 Å². The molecule has 0 fully saturated rings. The van der Waals surface area contributed by atoms with Gasteiger partial charge in [0.15, 0.2) is 0 Å². The topological polar surface area (TPSA) is 72.2 Å². The maximum atomic E-state index is 12.4. The van der Waals surface area contributed by atoms with Crippen molar-refractivity contribution in [2.75, 3.05) is 0 Å². The lowest BCUT2D eigenvalue weighted by Gasteiger charge is -2.12. The normalized spacial score (nSPS) is 11.8. The molecule has 0 unspecified atom stereocenters. The van der Waals surface area contributed by atoms with Crippen LogP contribution in [0.25, 0.3) is 0 Å². The minimum absolute atomic E-state index is 0.151. The van der Waals surface area contributed by atoms with Crippen LogP contribution in [0.4, 0.5) is 0 Å². The van der Waals surface area contributed by atoms with Gasteiger partial charge in [-0.1, -0.05) is 23.2 Å². The van der Waals surface area contributed by atoms with Gasteiger partial charge >= 0.3 is 0 Å². The van der Waals surface area contributed by atoms with Gasteiger partial charge in [-0.25, -0.2) is 13.1 Å². The van der Waals surface area contributed by atoms with Crippen LogP contribution in [0.15, 0.2) is 29.2 Å². The number of nitrogens with two attached hydrogens (primary N) is 1. The molecule has 0 saturated carbocycles. The molecule has 1 aromatic carbocycles. The largest absolute Gasteiger partial charge is 0.326 e. The molecular formula is C13H14Cl2N2O2S2. The molecule has 2 rings (SSSR count). The monoisotopic (exact) mass is 364 g/mol.